The molecule has 2 saturated heterocycles. The number of halogens is 1. The first-order valence-electron chi connectivity index (χ1n) is 10.8. The number of rotatable bonds is 7. The largest absolute Gasteiger partial charge is 0.487 e. The van der Waals surface area contributed by atoms with Crippen LogP contribution in [0.4, 0.5) is 4.39 Å². The highest BCUT2D eigenvalue weighted by molar-refractivity contribution is 5.96. The number of carbonyl (C=O) groups is 1. The van der Waals surface area contributed by atoms with Gasteiger partial charge in [0, 0.05) is 35.9 Å². The van der Waals surface area contributed by atoms with E-state index in [-0.39, 0.29) is 46.4 Å². The molecule has 3 fully saturated rings. The number of hydrogen-bond acceptors (Lipinski definition) is 6. The van der Waals surface area contributed by atoms with Gasteiger partial charge in [0.25, 0.3) is 0 Å². The van der Waals surface area contributed by atoms with Crippen molar-refractivity contribution in [2.45, 2.75) is 57.2 Å². The first-order chi connectivity index (χ1) is 15.2. The van der Waals surface area contributed by atoms with Crippen LogP contribution >= 0.6 is 0 Å². The van der Waals surface area contributed by atoms with Gasteiger partial charge < -0.3 is 18.6 Å². The summed E-state index contributed by atoms with van der Waals surface area (Å²) in [5.41, 5.74) is 1.46. The van der Waals surface area contributed by atoms with E-state index in [1.807, 2.05) is 20.0 Å². The van der Waals surface area contributed by atoms with Gasteiger partial charge in [0.1, 0.15) is 5.69 Å². The van der Waals surface area contributed by atoms with Gasteiger partial charge >= 0.3 is 0 Å². The molecule has 5 heterocycles. The molecular weight excluding hydrogens is 413 g/mol. The Labute approximate surface area is 185 Å². The van der Waals surface area contributed by atoms with Crippen LogP contribution in [0.3, 0.4) is 0 Å². The molecule has 1 saturated carbocycles. The number of Topliss-reactive ketones (excluding diaryl/α,β-unsaturated/α-hetero) is 1. The molecule has 0 unspecified atom stereocenters. The number of fused-ring (bicyclic) bond motifs is 2. The maximum absolute atomic E-state index is 15.6. The Hall–Kier alpha value is -3.00. The van der Waals surface area contributed by atoms with Gasteiger partial charge in [-0.25, -0.2) is 9.97 Å². The van der Waals surface area contributed by atoms with Crippen molar-refractivity contribution in [2.75, 3.05) is 13.7 Å². The molecule has 3 aromatic rings. The highest BCUT2D eigenvalue weighted by Crippen LogP contribution is 2.58. The predicted molar refractivity (Wildman–Crippen MR) is 115 cm³/mol. The Morgan fingerprint density at radius 1 is 1.28 bits per heavy atom. The molecular formula is C24H26FN3O4. The average molecular weight is 439 g/mol. The summed E-state index contributed by atoms with van der Waals surface area (Å²) in [7, 11) is 1.49. The van der Waals surface area contributed by atoms with E-state index < -0.39 is 5.82 Å². The minimum atomic E-state index is -0.564. The third kappa shape index (κ3) is 3.33. The minimum Gasteiger partial charge on any atom is -0.487 e. The Bertz CT molecular complexity index is 1210. The van der Waals surface area contributed by atoms with Gasteiger partial charge in [-0.1, -0.05) is 6.07 Å². The lowest BCUT2D eigenvalue weighted by atomic mass is 9.62. The van der Waals surface area contributed by atoms with Gasteiger partial charge in [-0.2, -0.15) is 4.39 Å². The molecule has 1 aliphatic carbocycles. The first-order valence-corrected chi connectivity index (χ1v) is 10.8. The van der Waals surface area contributed by atoms with Crippen molar-refractivity contribution < 1.29 is 23.4 Å². The van der Waals surface area contributed by atoms with E-state index in [0.29, 0.717) is 18.1 Å². The van der Waals surface area contributed by atoms with Crippen LogP contribution < -0.4 is 9.47 Å². The number of ether oxygens (including phenoxy) is 3. The van der Waals surface area contributed by atoms with E-state index in [0.717, 1.165) is 18.5 Å². The summed E-state index contributed by atoms with van der Waals surface area (Å²) in [6.45, 7) is 6.33. The first kappa shape index (κ1) is 20.9. The molecule has 0 radical (unpaired) electrons. The maximum Gasteiger partial charge on any atom is 0.213 e. The zero-order chi connectivity index (χ0) is 22.7. The van der Waals surface area contributed by atoms with Crippen LogP contribution in [0.5, 0.6) is 11.6 Å². The number of pyridine rings is 2. The number of nitrogens with zero attached hydrogens (tertiary/aromatic N) is 3. The molecule has 32 heavy (non-hydrogen) atoms. The number of carbonyl (C=O) groups excluding carboxylic acids is 1. The van der Waals surface area contributed by atoms with Gasteiger partial charge in [0.15, 0.2) is 17.2 Å². The van der Waals surface area contributed by atoms with E-state index in [2.05, 4.69) is 16.9 Å². The van der Waals surface area contributed by atoms with Gasteiger partial charge in [0.2, 0.25) is 11.7 Å². The molecule has 0 N–H and O–H groups in total. The molecule has 168 valence electrons. The monoisotopic (exact) mass is 439 g/mol. The third-order valence-corrected chi connectivity index (χ3v) is 6.30. The van der Waals surface area contributed by atoms with Crippen LogP contribution in [0.2, 0.25) is 0 Å². The lowest BCUT2D eigenvalue weighted by Crippen LogP contribution is -2.45. The van der Waals surface area contributed by atoms with Crippen molar-refractivity contribution in [3.8, 4) is 11.6 Å². The molecule has 0 spiro atoms. The SMILES string of the molecule is COc1cccc(C(=O)Cc2cn3cc(C45COC(C)(C4)C5)nc3c(F)c2OC(C)C)n1. The van der Waals surface area contributed by atoms with Crippen molar-refractivity contribution in [3.05, 3.63) is 53.4 Å². The fraction of sp³-hybridized carbons (Fsp3) is 0.458. The fourth-order valence-corrected chi connectivity index (χ4v) is 4.97. The summed E-state index contributed by atoms with van der Waals surface area (Å²) >= 11 is 0. The van der Waals surface area contributed by atoms with Crippen LogP contribution in [-0.2, 0) is 16.6 Å². The molecule has 0 atom stereocenters. The molecule has 6 rings (SSSR count). The highest BCUT2D eigenvalue weighted by atomic mass is 19.1. The normalized spacial score (nSPS) is 24.1. The summed E-state index contributed by atoms with van der Waals surface area (Å²) in [5, 5.41) is 0. The second kappa shape index (κ2) is 7.27. The maximum atomic E-state index is 15.6. The van der Waals surface area contributed by atoms with Crippen LogP contribution in [0.1, 0.15) is 55.4 Å². The summed E-state index contributed by atoms with van der Waals surface area (Å²) in [4.78, 5) is 21.8. The topological polar surface area (TPSA) is 75.0 Å². The molecule has 0 amide bonds. The zero-order valence-corrected chi connectivity index (χ0v) is 18.6. The lowest BCUT2D eigenvalue weighted by molar-refractivity contribution is 0.0154. The number of imidazole rings is 1. The molecule has 2 bridgehead atoms. The molecule has 3 aromatic heterocycles. The molecule has 0 aromatic carbocycles. The van der Waals surface area contributed by atoms with Crippen molar-refractivity contribution in [2.24, 2.45) is 0 Å². The van der Waals surface area contributed by atoms with Gasteiger partial charge in [-0.05, 0) is 39.7 Å². The quantitative estimate of drug-likeness (QED) is 0.520. The standard InChI is InChI=1S/C24H26FN3O4/c1-14(2)32-21-15(8-17(29)16-6-5-7-19(26-16)30-4)9-28-10-18(27-22(28)20(21)25)24-11-23(3,12-24)31-13-24/h5-7,9-10,14H,8,11-13H2,1-4H3. The Morgan fingerprint density at radius 3 is 2.72 bits per heavy atom. The van der Waals surface area contributed by atoms with Gasteiger partial charge in [-0.3, -0.25) is 4.79 Å². The van der Waals surface area contributed by atoms with E-state index in [1.165, 1.54) is 7.11 Å². The van der Waals surface area contributed by atoms with Crippen molar-refractivity contribution in [1.82, 2.24) is 14.4 Å². The smallest absolute Gasteiger partial charge is 0.213 e. The van der Waals surface area contributed by atoms with Crippen LogP contribution in [0.25, 0.3) is 5.65 Å². The highest BCUT2D eigenvalue weighted by Gasteiger charge is 2.61. The average Bonchev–Trinajstić information content (AvgIpc) is 3.42. The summed E-state index contributed by atoms with van der Waals surface area (Å²) < 4.78 is 34.0. The summed E-state index contributed by atoms with van der Waals surface area (Å²) in [6, 6.07) is 4.98. The van der Waals surface area contributed by atoms with Crippen molar-refractivity contribution in [1.29, 1.82) is 0 Å². The molecule has 3 aliphatic rings. The minimum absolute atomic E-state index is 0.0551. The number of methoxy groups -OCH3 is 1. The van der Waals surface area contributed by atoms with E-state index in [9.17, 15) is 4.79 Å². The van der Waals surface area contributed by atoms with Crippen LogP contribution in [0, 0.1) is 5.82 Å². The predicted octanol–water partition coefficient (Wildman–Crippen LogP) is 3.91. The second-order valence-electron chi connectivity index (χ2n) is 9.36. The number of hydrogen-bond donors (Lipinski definition) is 0. The van der Waals surface area contributed by atoms with E-state index in [1.54, 1.807) is 28.8 Å². The Morgan fingerprint density at radius 2 is 2.06 bits per heavy atom. The number of aromatic nitrogens is 3. The van der Waals surface area contributed by atoms with Crippen molar-refractivity contribution in [3.63, 3.8) is 0 Å². The third-order valence-electron chi connectivity index (χ3n) is 6.30. The van der Waals surface area contributed by atoms with Gasteiger partial charge in [-0.15, -0.1) is 0 Å². The van der Waals surface area contributed by atoms with Crippen molar-refractivity contribution >= 4 is 11.4 Å². The number of ketones is 1. The Kier molecular flexibility index (Phi) is 4.74. The second-order valence-corrected chi connectivity index (χ2v) is 9.36. The molecule has 2 aliphatic heterocycles. The molecule has 8 heteroatoms. The molecule has 7 nitrogen and oxygen atoms in total. The Balaban J connectivity index is 1.54. The fourth-order valence-electron chi connectivity index (χ4n) is 4.97. The van der Waals surface area contributed by atoms with Crippen LogP contribution in [0.15, 0.2) is 30.6 Å². The summed E-state index contributed by atoms with van der Waals surface area (Å²) in [5.74, 6) is -0.416. The van der Waals surface area contributed by atoms with Gasteiger partial charge in [0.05, 0.1) is 31.1 Å². The van der Waals surface area contributed by atoms with E-state index >= 15 is 4.39 Å². The zero-order valence-electron chi connectivity index (χ0n) is 18.6. The van der Waals surface area contributed by atoms with E-state index in [4.69, 9.17) is 14.2 Å². The lowest BCUT2D eigenvalue weighted by Gasteiger charge is -2.41. The summed E-state index contributed by atoms with van der Waals surface area (Å²) in [6.07, 6.45) is 5.02. The van der Waals surface area contributed by atoms with Crippen LogP contribution in [-0.4, -0.2) is 45.6 Å².